The van der Waals surface area contributed by atoms with E-state index < -0.39 is 11.6 Å². The van der Waals surface area contributed by atoms with Gasteiger partial charge in [0.25, 0.3) is 5.91 Å². The summed E-state index contributed by atoms with van der Waals surface area (Å²) in [7, 11) is 0. The molecule has 1 saturated heterocycles. The summed E-state index contributed by atoms with van der Waals surface area (Å²) < 4.78 is 5.62. The number of fused-ring (bicyclic) bond motifs is 3. The van der Waals surface area contributed by atoms with Gasteiger partial charge < -0.3 is 15.4 Å². The number of ether oxygens (including phenoxy) is 1. The Kier molecular flexibility index (Phi) is 4.04. The normalized spacial score (nSPS) is 24.7. The molecule has 2 aromatic carbocycles. The number of carbonyl (C=O) groups excluding carboxylic acids is 3. The summed E-state index contributed by atoms with van der Waals surface area (Å²) in [6.45, 7) is 0.207. The van der Waals surface area contributed by atoms with Crippen LogP contribution in [0.3, 0.4) is 0 Å². The summed E-state index contributed by atoms with van der Waals surface area (Å²) in [5.41, 5.74) is 1.76. The van der Waals surface area contributed by atoms with Gasteiger partial charge in [0.15, 0.2) is 0 Å². The monoisotopic (exact) mass is 391 g/mol. The third kappa shape index (κ3) is 2.76. The Hall–Kier alpha value is -3.35. The van der Waals surface area contributed by atoms with Gasteiger partial charge in [0.2, 0.25) is 5.91 Å². The first-order chi connectivity index (χ1) is 14.1. The molecule has 3 aliphatic rings. The number of carbonyl (C=O) groups is 3. The van der Waals surface area contributed by atoms with Gasteiger partial charge in [0.05, 0.1) is 12.6 Å². The molecule has 0 bridgehead atoms. The Morgan fingerprint density at radius 2 is 1.97 bits per heavy atom. The number of nitrogens with zero attached hydrogens (tertiary/aromatic N) is 1. The second kappa shape index (κ2) is 6.62. The molecule has 1 fully saturated rings. The third-order valence-corrected chi connectivity index (χ3v) is 6.02. The average Bonchev–Trinajstić information content (AvgIpc) is 3.22. The van der Waals surface area contributed by atoms with Crippen LogP contribution >= 0.6 is 0 Å². The number of hydrogen-bond donors (Lipinski definition) is 2. The first-order valence-electron chi connectivity index (χ1n) is 9.82. The highest BCUT2D eigenvalue weighted by Crippen LogP contribution is 2.41. The van der Waals surface area contributed by atoms with Crippen LogP contribution < -0.4 is 15.4 Å². The predicted octanol–water partition coefficient (Wildman–Crippen LogP) is 2.02. The molecular weight excluding hydrogens is 370 g/mol. The molecule has 0 unspecified atom stereocenters. The van der Waals surface area contributed by atoms with Crippen molar-refractivity contribution in [3.8, 4) is 5.75 Å². The minimum absolute atomic E-state index is 0.200. The summed E-state index contributed by atoms with van der Waals surface area (Å²) in [5, 5.41) is 5.80. The van der Waals surface area contributed by atoms with Gasteiger partial charge >= 0.3 is 6.03 Å². The van der Waals surface area contributed by atoms with Crippen LogP contribution in [0.25, 0.3) is 0 Å². The molecule has 2 heterocycles. The van der Waals surface area contributed by atoms with E-state index in [0.29, 0.717) is 19.4 Å². The number of urea groups is 1. The van der Waals surface area contributed by atoms with Crippen LogP contribution in [0.1, 0.15) is 35.6 Å². The second-order valence-electron chi connectivity index (χ2n) is 7.68. The van der Waals surface area contributed by atoms with Crippen LogP contribution in [0.4, 0.5) is 4.79 Å². The molecule has 0 aromatic heterocycles. The average molecular weight is 391 g/mol. The van der Waals surface area contributed by atoms with Crippen molar-refractivity contribution in [3.63, 3.8) is 0 Å². The maximum absolute atomic E-state index is 13.2. The van der Waals surface area contributed by atoms with Gasteiger partial charge in [-0.15, -0.1) is 0 Å². The SMILES string of the molecule is O=C(CN1C(=O)N[C@]2(CCc3ccccc32)C1=O)N[C@@H]1CCOc2ccccc21. The summed E-state index contributed by atoms with van der Waals surface area (Å²) in [5.74, 6) is 0.0362. The molecule has 0 saturated carbocycles. The largest absolute Gasteiger partial charge is 0.493 e. The lowest BCUT2D eigenvalue weighted by atomic mass is 9.92. The first-order valence-corrected chi connectivity index (χ1v) is 9.82. The first kappa shape index (κ1) is 17.7. The Morgan fingerprint density at radius 3 is 2.86 bits per heavy atom. The Morgan fingerprint density at radius 1 is 1.17 bits per heavy atom. The van der Waals surface area contributed by atoms with Crippen molar-refractivity contribution in [1.29, 1.82) is 0 Å². The van der Waals surface area contributed by atoms with E-state index in [9.17, 15) is 14.4 Å². The van der Waals surface area contributed by atoms with Crippen molar-refractivity contribution in [1.82, 2.24) is 15.5 Å². The molecule has 2 aromatic rings. The molecule has 7 nitrogen and oxygen atoms in total. The fourth-order valence-corrected chi connectivity index (χ4v) is 4.61. The highest BCUT2D eigenvalue weighted by Gasteiger charge is 2.55. The lowest BCUT2D eigenvalue weighted by molar-refractivity contribution is -0.135. The maximum Gasteiger partial charge on any atom is 0.325 e. The number of imide groups is 1. The van der Waals surface area contributed by atoms with Gasteiger partial charge in [-0.25, -0.2) is 4.79 Å². The van der Waals surface area contributed by atoms with Crippen LogP contribution in [-0.4, -0.2) is 35.9 Å². The van der Waals surface area contributed by atoms with E-state index in [1.54, 1.807) is 0 Å². The Balaban J connectivity index is 1.32. The smallest absolute Gasteiger partial charge is 0.325 e. The van der Waals surface area contributed by atoms with E-state index in [1.807, 2.05) is 48.5 Å². The highest BCUT2D eigenvalue weighted by molar-refractivity contribution is 6.09. The molecule has 1 aliphatic carbocycles. The fourth-order valence-electron chi connectivity index (χ4n) is 4.61. The predicted molar refractivity (Wildman–Crippen MR) is 104 cm³/mol. The number of hydrogen-bond acceptors (Lipinski definition) is 4. The molecule has 29 heavy (non-hydrogen) atoms. The molecule has 2 atom stereocenters. The van der Waals surface area contributed by atoms with E-state index in [1.165, 1.54) is 0 Å². The van der Waals surface area contributed by atoms with E-state index >= 15 is 0 Å². The van der Waals surface area contributed by atoms with Gasteiger partial charge in [-0.1, -0.05) is 42.5 Å². The number of nitrogens with one attached hydrogen (secondary N) is 2. The lowest BCUT2D eigenvalue weighted by Crippen LogP contribution is -2.44. The minimum atomic E-state index is -1.04. The number of para-hydroxylation sites is 1. The van der Waals surface area contributed by atoms with Gasteiger partial charge in [0.1, 0.15) is 17.8 Å². The lowest BCUT2D eigenvalue weighted by Gasteiger charge is -2.27. The van der Waals surface area contributed by atoms with E-state index in [4.69, 9.17) is 4.74 Å². The zero-order valence-corrected chi connectivity index (χ0v) is 15.8. The van der Waals surface area contributed by atoms with Gasteiger partial charge in [0, 0.05) is 12.0 Å². The molecule has 2 aliphatic heterocycles. The van der Waals surface area contributed by atoms with Gasteiger partial charge in [-0.3, -0.25) is 14.5 Å². The van der Waals surface area contributed by atoms with Crippen molar-refractivity contribution >= 4 is 17.8 Å². The van der Waals surface area contributed by atoms with Crippen LogP contribution in [0.2, 0.25) is 0 Å². The Labute approximate surface area is 168 Å². The number of aryl methyl sites for hydroxylation is 1. The molecular formula is C22H21N3O4. The summed E-state index contributed by atoms with van der Waals surface area (Å²) in [6, 6.07) is 14.5. The minimum Gasteiger partial charge on any atom is -0.493 e. The summed E-state index contributed by atoms with van der Waals surface area (Å²) in [4.78, 5) is 39.5. The van der Waals surface area contributed by atoms with Crippen molar-refractivity contribution in [2.45, 2.75) is 30.8 Å². The maximum atomic E-state index is 13.2. The van der Waals surface area contributed by atoms with E-state index in [0.717, 1.165) is 33.8 Å². The van der Waals surface area contributed by atoms with E-state index in [2.05, 4.69) is 10.6 Å². The molecule has 7 heteroatoms. The second-order valence-corrected chi connectivity index (χ2v) is 7.68. The van der Waals surface area contributed by atoms with Gasteiger partial charge in [-0.2, -0.15) is 0 Å². The van der Waals surface area contributed by atoms with Crippen molar-refractivity contribution in [2.75, 3.05) is 13.2 Å². The number of benzene rings is 2. The van der Waals surface area contributed by atoms with Crippen molar-refractivity contribution < 1.29 is 19.1 Å². The van der Waals surface area contributed by atoms with Crippen molar-refractivity contribution in [3.05, 3.63) is 65.2 Å². The van der Waals surface area contributed by atoms with Crippen LogP contribution in [0.5, 0.6) is 5.75 Å². The molecule has 2 N–H and O–H groups in total. The quantitative estimate of drug-likeness (QED) is 0.784. The van der Waals surface area contributed by atoms with Crippen LogP contribution in [0.15, 0.2) is 48.5 Å². The zero-order chi connectivity index (χ0) is 20.0. The molecule has 0 radical (unpaired) electrons. The van der Waals surface area contributed by atoms with Crippen LogP contribution in [0, 0.1) is 0 Å². The highest BCUT2D eigenvalue weighted by atomic mass is 16.5. The van der Waals surface area contributed by atoms with Crippen molar-refractivity contribution in [2.24, 2.45) is 0 Å². The summed E-state index contributed by atoms with van der Waals surface area (Å²) >= 11 is 0. The molecule has 5 rings (SSSR count). The number of rotatable bonds is 3. The summed E-state index contributed by atoms with van der Waals surface area (Å²) in [6.07, 6.45) is 1.88. The third-order valence-electron chi connectivity index (χ3n) is 6.02. The zero-order valence-electron chi connectivity index (χ0n) is 15.8. The number of amides is 4. The van der Waals surface area contributed by atoms with Crippen LogP contribution in [-0.2, 0) is 21.5 Å². The van der Waals surface area contributed by atoms with E-state index in [-0.39, 0.29) is 24.4 Å². The molecule has 1 spiro atoms. The van der Waals surface area contributed by atoms with Gasteiger partial charge in [-0.05, 0) is 30.0 Å². The Bertz CT molecular complexity index is 1020. The topological polar surface area (TPSA) is 87.7 Å². The standard InChI is InChI=1S/C22H21N3O4/c26-19(23-17-10-12-29-18-8-4-2-6-15(17)18)13-25-20(27)22(24-21(25)28)11-9-14-5-1-3-7-16(14)22/h1-8,17H,9-13H2,(H,23,26)(H,24,28)/t17-,22+/m1/s1. The fraction of sp³-hybridized carbons (Fsp3) is 0.318. The molecule has 148 valence electrons. The molecule has 4 amide bonds.